The van der Waals surface area contributed by atoms with Crippen molar-refractivity contribution in [1.29, 1.82) is 0 Å². The highest BCUT2D eigenvalue weighted by Crippen LogP contribution is 2.21. The van der Waals surface area contributed by atoms with Crippen LogP contribution in [0.15, 0.2) is 41.4 Å². The molecule has 0 fully saturated rings. The summed E-state index contributed by atoms with van der Waals surface area (Å²) in [5.41, 5.74) is 1.20. The van der Waals surface area contributed by atoms with Crippen LogP contribution in [-0.2, 0) is 11.3 Å². The molecule has 8 heteroatoms. The Hall–Kier alpha value is -2.95. The van der Waals surface area contributed by atoms with Gasteiger partial charge in [-0.2, -0.15) is 4.99 Å². The van der Waals surface area contributed by atoms with Crippen LogP contribution in [0.3, 0.4) is 0 Å². The zero-order chi connectivity index (χ0) is 20.3. The van der Waals surface area contributed by atoms with Gasteiger partial charge in [0.25, 0.3) is 5.91 Å². The lowest BCUT2D eigenvalue weighted by atomic mass is 10.2. The van der Waals surface area contributed by atoms with Gasteiger partial charge in [-0.3, -0.25) is 4.79 Å². The SMILES string of the molecule is C#CCn1c(=NC(=O)c2ccc(F)cc2Cl)sc2cc(C(=O)OCC)ccc21. The van der Waals surface area contributed by atoms with Crippen LogP contribution in [0.5, 0.6) is 0 Å². The molecule has 142 valence electrons. The number of terminal acetylenes is 1. The van der Waals surface area contributed by atoms with Gasteiger partial charge in [-0.15, -0.1) is 6.42 Å². The van der Waals surface area contributed by atoms with Gasteiger partial charge in [-0.05, 0) is 43.3 Å². The summed E-state index contributed by atoms with van der Waals surface area (Å²) < 4.78 is 20.6. The average Bonchev–Trinajstić information content (AvgIpc) is 2.98. The van der Waals surface area contributed by atoms with Crippen LogP contribution in [0.25, 0.3) is 10.2 Å². The molecule has 0 atom stereocenters. The molecule has 0 saturated heterocycles. The Morgan fingerprint density at radius 3 is 2.79 bits per heavy atom. The first-order valence-electron chi connectivity index (χ1n) is 8.22. The van der Waals surface area contributed by atoms with E-state index >= 15 is 0 Å². The minimum atomic E-state index is -0.618. The second-order valence-corrected chi connectivity index (χ2v) is 7.04. The van der Waals surface area contributed by atoms with E-state index in [0.717, 1.165) is 22.3 Å². The minimum absolute atomic E-state index is 0.0250. The van der Waals surface area contributed by atoms with Gasteiger partial charge in [0.05, 0.1) is 39.5 Å². The third-order valence-corrected chi connectivity index (χ3v) is 5.16. The number of nitrogens with zero attached hydrogens (tertiary/aromatic N) is 2. The maximum atomic E-state index is 13.2. The molecule has 0 spiro atoms. The molecular formula is C20H14ClFN2O3S. The second kappa shape index (κ2) is 8.38. The molecule has 0 N–H and O–H groups in total. The summed E-state index contributed by atoms with van der Waals surface area (Å²) in [7, 11) is 0. The Morgan fingerprint density at radius 1 is 1.32 bits per heavy atom. The summed E-state index contributed by atoms with van der Waals surface area (Å²) in [5.74, 6) is 0.925. The number of amides is 1. The van der Waals surface area contributed by atoms with Gasteiger partial charge in [0, 0.05) is 0 Å². The van der Waals surface area contributed by atoms with Gasteiger partial charge in [0.1, 0.15) is 5.82 Å². The van der Waals surface area contributed by atoms with E-state index < -0.39 is 17.7 Å². The molecule has 3 aromatic rings. The Morgan fingerprint density at radius 2 is 2.11 bits per heavy atom. The number of esters is 1. The van der Waals surface area contributed by atoms with Crippen molar-refractivity contribution in [3.8, 4) is 12.3 Å². The third kappa shape index (κ3) is 3.98. The van der Waals surface area contributed by atoms with Crippen molar-refractivity contribution >= 4 is 45.0 Å². The zero-order valence-corrected chi connectivity index (χ0v) is 16.3. The Bertz CT molecular complexity index is 1190. The van der Waals surface area contributed by atoms with Gasteiger partial charge in [0.15, 0.2) is 4.80 Å². The largest absolute Gasteiger partial charge is 0.462 e. The average molecular weight is 417 g/mol. The van der Waals surface area contributed by atoms with E-state index in [9.17, 15) is 14.0 Å². The summed E-state index contributed by atoms with van der Waals surface area (Å²) in [6, 6.07) is 8.49. The van der Waals surface area contributed by atoms with Gasteiger partial charge < -0.3 is 9.30 Å². The zero-order valence-electron chi connectivity index (χ0n) is 14.7. The lowest BCUT2D eigenvalue weighted by Crippen LogP contribution is -2.16. The quantitative estimate of drug-likeness (QED) is 0.476. The lowest BCUT2D eigenvalue weighted by molar-refractivity contribution is 0.0526. The minimum Gasteiger partial charge on any atom is -0.462 e. The fraction of sp³-hybridized carbons (Fsp3) is 0.150. The van der Waals surface area contributed by atoms with Crippen LogP contribution in [0.4, 0.5) is 4.39 Å². The summed E-state index contributed by atoms with van der Waals surface area (Å²) in [5, 5.41) is -0.0250. The smallest absolute Gasteiger partial charge is 0.338 e. The number of thiazole rings is 1. The molecule has 28 heavy (non-hydrogen) atoms. The van der Waals surface area contributed by atoms with Crippen molar-refractivity contribution in [2.45, 2.75) is 13.5 Å². The highest BCUT2D eigenvalue weighted by molar-refractivity contribution is 7.16. The number of aromatic nitrogens is 1. The van der Waals surface area contributed by atoms with Crippen LogP contribution in [0, 0.1) is 18.2 Å². The standard InChI is InChI=1S/C20H14ClFN2O3S/c1-3-9-24-16-8-5-12(19(26)27-4-2)10-17(16)28-20(24)23-18(25)14-7-6-13(22)11-15(14)21/h1,5-8,10-11H,4,9H2,2H3. The van der Waals surface area contributed by atoms with Crippen molar-refractivity contribution in [2.24, 2.45) is 4.99 Å². The molecule has 0 aliphatic carbocycles. The number of hydrogen-bond donors (Lipinski definition) is 0. The molecule has 0 aliphatic heterocycles. The topological polar surface area (TPSA) is 60.7 Å². The highest BCUT2D eigenvalue weighted by Gasteiger charge is 2.14. The number of hydrogen-bond acceptors (Lipinski definition) is 4. The molecule has 1 amide bonds. The van der Waals surface area contributed by atoms with Gasteiger partial charge in [0.2, 0.25) is 0 Å². The highest BCUT2D eigenvalue weighted by atomic mass is 35.5. The first-order chi connectivity index (χ1) is 13.4. The van der Waals surface area contributed by atoms with Crippen molar-refractivity contribution in [2.75, 3.05) is 6.61 Å². The van der Waals surface area contributed by atoms with Crippen molar-refractivity contribution in [3.63, 3.8) is 0 Å². The third-order valence-electron chi connectivity index (χ3n) is 3.80. The van der Waals surface area contributed by atoms with E-state index in [1.807, 2.05) is 0 Å². The summed E-state index contributed by atoms with van der Waals surface area (Å²) >= 11 is 7.15. The molecular weight excluding hydrogens is 403 g/mol. The normalized spacial score (nSPS) is 11.4. The van der Waals surface area contributed by atoms with Crippen molar-refractivity contribution < 1.29 is 18.7 Å². The maximum absolute atomic E-state index is 13.2. The predicted molar refractivity (Wildman–Crippen MR) is 106 cm³/mol. The fourth-order valence-corrected chi connectivity index (χ4v) is 3.87. The van der Waals surface area contributed by atoms with Crippen LogP contribution < -0.4 is 4.80 Å². The molecule has 0 radical (unpaired) electrons. The van der Waals surface area contributed by atoms with E-state index in [-0.39, 0.29) is 23.7 Å². The second-order valence-electron chi connectivity index (χ2n) is 5.62. The van der Waals surface area contributed by atoms with E-state index in [4.69, 9.17) is 22.8 Å². The summed E-state index contributed by atoms with van der Waals surface area (Å²) in [6.45, 7) is 2.18. The first-order valence-corrected chi connectivity index (χ1v) is 9.42. The lowest BCUT2D eigenvalue weighted by Gasteiger charge is -2.03. The summed E-state index contributed by atoms with van der Waals surface area (Å²) in [4.78, 5) is 28.9. The van der Waals surface area contributed by atoms with Crippen molar-refractivity contribution in [3.05, 3.63) is 63.2 Å². The van der Waals surface area contributed by atoms with Crippen molar-refractivity contribution in [1.82, 2.24) is 4.57 Å². The van der Waals surface area contributed by atoms with Gasteiger partial charge >= 0.3 is 5.97 Å². The predicted octanol–water partition coefficient (Wildman–Crippen LogP) is 4.05. The Kier molecular flexibility index (Phi) is 5.93. The molecule has 1 aromatic heterocycles. The molecule has 0 bridgehead atoms. The van der Waals surface area contributed by atoms with Crippen LogP contribution >= 0.6 is 22.9 Å². The fourth-order valence-electron chi connectivity index (χ4n) is 2.55. The Balaban J connectivity index is 2.12. The molecule has 3 rings (SSSR count). The van der Waals surface area contributed by atoms with E-state index in [0.29, 0.717) is 10.4 Å². The number of carbonyl (C=O) groups excluding carboxylic acids is 2. The van der Waals surface area contributed by atoms with Crippen LogP contribution in [-0.4, -0.2) is 23.1 Å². The monoisotopic (exact) mass is 416 g/mol. The molecule has 2 aromatic carbocycles. The van der Waals surface area contributed by atoms with E-state index in [2.05, 4.69) is 10.9 Å². The number of rotatable bonds is 4. The summed E-state index contributed by atoms with van der Waals surface area (Å²) in [6.07, 6.45) is 5.45. The Labute approximate surface area is 169 Å². The number of benzene rings is 2. The molecule has 1 heterocycles. The molecule has 0 aliphatic rings. The maximum Gasteiger partial charge on any atom is 0.338 e. The molecule has 0 unspecified atom stereocenters. The molecule has 5 nitrogen and oxygen atoms in total. The first kappa shape index (κ1) is 19.8. The van der Waals surface area contributed by atoms with E-state index in [1.165, 1.54) is 17.4 Å². The number of fused-ring (bicyclic) bond motifs is 1. The van der Waals surface area contributed by atoms with Gasteiger partial charge in [-0.1, -0.05) is 28.9 Å². The van der Waals surface area contributed by atoms with Gasteiger partial charge in [-0.25, -0.2) is 9.18 Å². The number of carbonyl (C=O) groups is 2. The molecule has 0 saturated carbocycles. The number of halogens is 2. The van der Waals surface area contributed by atoms with E-state index in [1.54, 1.807) is 29.7 Å². The van der Waals surface area contributed by atoms with Crippen LogP contribution in [0.2, 0.25) is 5.02 Å². The number of ether oxygens (including phenoxy) is 1. The van der Waals surface area contributed by atoms with Crippen LogP contribution in [0.1, 0.15) is 27.6 Å².